The SMILES string of the molecule is CCCCCCCCCCCCCCCC(=O)OCC(COC(=O)CCCCCCCCCCCCCCC)OC(=O)CC(=O)Oc1cc(CCCCC)cc2c1[C@@H]1C=C(C)CC[C@H]1C(C)(C)O2. The van der Waals surface area contributed by atoms with E-state index in [9.17, 15) is 19.2 Å². The summed E-state index contributed by atoms with van der Waals surface area (Å²) in [7, 11) is 0. The Morgan fingerprint density at radius 2 is 1.03 bits per heavy atom. The van der Waals surface area contributed by atoms with Gasteiger partial charge in [0.25, 0.3) is 0 Å². The van der Waals surface area contributed by atoms with E-state index in [1.807, 2.05) is 6.07 Å². The van der Waals surface area contributed by atoms with Gasteiger partial charge < -0.3 is 23.7 Å². The number of benzene rings is 1. The number of hydrogen-bond donors (Lipinski definition) is 0. The van der Waals surface area contributed by atoms with Crippen molar-refractivity contribution in [1.29, 1.82) is 0 Å². The summed E-state index contributed by atoms with van der Waals surface area (Å²) in [6.07, 6.45) is 38.6. The minimum atomic E-state index is -1.05. The predicted molar refractivity (Wildman–Crippen MR) is 276 cm³/mol. The van der Waals surface area contributed by atoms with Crippen LogP contribution in [0, 0.1) is 5.92 Å². The molecule has 1 aliphatic carbocycles. The van der Waals surface area contributed by atoms with Crippen LogP contribution in [-0.2, 0) is 39.8 Å². The van der Waals surface area contributed by atoms with E-state index in [1.165, 1.54) is 134 Å². The highest BCUT2D eigenvalue weighted by molar-refractivity contribution is 5.92. The van der Waals surface area contributed by atoms with Crippen LogP contribution in [0.4, 0.5) is 0 Å². The van der Waals surface area contributed by atoms with Crippen molar-refractivity contribution in [3.05, 3.63) is 34.9 Å². The molecule has 0 bridgehead atoms. The standard InChI is InChI=1S/C59H98O9/c1-7-10-13-15-17-19-21-23-25-27-29-31-34-37-54(60)64-45-49(46-65-55(61)38-35-32-30-28-26-24-22-20-18-16-14-11-8-2)66-56(62)44-57(63)67-52-42-48(36-33-12-9-3)43-53-58(52)50-41-47(4)39-40-51(50)59(5,6)68-53/h41-43,49-51H,7-40,44-46H2,1-6H3/t50-,51-/m1/s1. The first-order chi connectivity index (χ1) is 33.0. The topological polar surface area (TPSA) is 114 Å². The zero-order chi connectivity index (χ0) is 49.2. The lowest BCUT2D eigenvalue weighted by Gasteiger charge is -2.46. The number of aryl methyl sites for hydroxylation is 1. The van der Waals surface area contributed by atoms with Gasteiger partial charge in [-0.3, -0.25) is 19.2 Å². The summed E-state index contributed by atoms with van der Waals surface area (Å²) in [5.74, 6) is -0.998. The Labute approximate surface area is 414 Å². The number of esters is 4. The summed E-state index contributed by atoms with van der Waals surface area (Å²) in [6.45, 7) is 12.6. The number of rotatable bonds is 40. The van der Waals surface area contributed by atoms with Gasteiger partial charge in [0.1, 0.15) is 36.7 Å². The van der Waals surface area contributed by atoms with Crippen molar-refractivity contribution in [2.45, 2.75) is 284 Å². The monoisotopic (exact) mass is 951 g/mol. The van der Waals surface area contributed by atoms with E-state index in [0.29, 0.717) is 5.75 Å². The van der Waals surface area contributed by atoms with Gasteiger partial charge in [-0.25, -0.2) is 0 Å². The maximum Gasteiger partial charge on any atom is 0.322 e. The molecule has 0 amide bonds. The number of fused-ring (bicyclic) bond motifs is 3. The summed E-state index contributed by atoms with van der Waals surface area (Å²) >= 11 is 0. The summed E-state index contributed by atoms with van der Waals surface area (Å²) in [6, 6.07) is 4.03. The van der Waals surface area contributed by atoms with Crippen LogP contribution in [0.25, 0.3) is 0 Å². The van der Waals surface area contributed by atoms with Crippen molar-refractivity contribution >= 4 is 23.9 Å². The molecule has 68 heavy (non-hydrogen) atoms. The fourth-order valence-corrected chi connectivity index (χ4v) is 10.1. The largest absolute Gasteiger partial charge is 0.487 e. The Morgan fingerprint density at radius 3 is 1.50 bits per heavy atom. The van der Waals surface area contributed by atoms with E-state index in [2.05, 4.69) is 53.7 Å². The van der Waals surface area contributed by atoms with Crippen molar-refractivity contribution in [1.82, 2.24) is 0 Å². The molecule has 0 aromatic heterocycles. The Morgan fingerprint density at radius 1 is 0.588 bits per heavy atom. The molecular weight excluding hydrogens is 853 g/mol. The third-order valence-corrected chi connectivity index (χ3v) is 14.2. The number of hydrogen-bond acceptors (Lipinski definition) is 9. The van der Waals surface area contributed by atoms with Crippen LogP contribution < -0.4 is 9.47 Å². The molecule has 1 aromatic rings. The second-order valence-corrected chi connectivity index (χ2v) is 21.0. The molecule has 1 aromatic carbocycles. The molecule has 2 atom stereocenters. The van der Waals surface area contributed by atoms with E-state index < -0.39 is 30.1 Å². The normalized spacial score (nSPS) is 16.1. The molecule has 0 saturated carbocycles. The third kappa shape index (κ3) is 25.0. The smallest absolute Gasteiger partial charge is 0.322 e. The lowest BCUT2D eigenvalue weighted by atomic mass is 9.68. The number of unbranched alkanes of at least 4 members (excludes halogenated alkanes) is 26. The van der Waals surface area contributed by atoms with Gasteiger partial charge >= 0.3 is 23.9 Å². The Kier molecular flexibility index (Phi) is 30.9. The minimum Gasteiger partial charge on any atom is -0.487 e. The number of carbonyl (C=O) groups is 4. The predicted octanol–water partition coefficient (Wildman–Crippen LogP) is 16.3. The van der Waals surface area contributed by atoms with Gasteiger partial charge in [-0.05, 0) is 77.0 Å². The van der Waals surface area contributed by atoms with Crippen molar-refractivity contribution in [3.63, 3.8) is 0 Å². The molecule has 0 saturated heterocycles. The fourth-order valence-electron chi connectivity index (χ4n) is 10.1. The molecule has 2 aliphatic rings. The Hall–Kier alpha value is -3.36. The molecule has 1 aliphatic heterocycles. The number of carbonyl (C=O) groups excluding carboxylic acids is 4. The van der Waals surface area contributed by atoms with E-state index in [1.54, 1.807) is 0 Å². The van der Waals surface area contributed by atoms with Crippen LogP contribution in [0.5, 0.6) is 11.5 Å². The van der Waals surface area contributed by atoms with Crippen molar-refractivity contribution in [2.75, 3.05) is 13.2 Å². The van der Waals surface area contributed by atoms with Crippen LogP contribution in [0.1, 0.15) is 277 Å². The first-order valence-electron chi connectivity index (χ1n) is 28.2. The average Bonchev–Trinajstić information content (AvgIpc) is 3.29. The summed E-state index contributed by atoms with van der Waals surface area (Å²) < 4.78 is 29.6. The minimum absolute atomic E-state index is 0.00938. The molecule has 388 valence electrons. The van der Waals surface area contributed by atoms with Gasteiger partial charge in [0.2, 0.25) is 0 Å². The number of ether oxygens (including phenoxy) is 5. The quantitative estimate of drug-likeness (QED) is 0.0158. The molecule has 9 heteroatoms. The maximum absolute atomic E-state index is 13.6. The van der Waals surface area contributed by atoms with Gasteiger partial charge in [0.15, 0.2) is 6.10 Å². The van der Waals surface area contributed by atoms with Crippen molar-refractivity contribution in [2.24, 2.45) is 5.92 Å². The second kappa shape index (κ2) is 35.7. The molecular formula is C59H98O9. The van der Waals surface area contributed by atoms with E-state index >= 15 is 0 Å². The highest BCUT2D eigenvalue weighted by atomic mass is 16.6. The molecule has 0 spiro atoms. The van der Waals surface area contributed by atoms with Crippen molar-refractivity contribution < 1.29 is 42.9 Å². The summed E-state index contributed by atoms with van der Waals surface area (Å²) in [5, 5.41) is 0. The van der Waals surface area contributed by atoms with Crippen molar-refractivity contribution in [3.8, 4) is 11.5 Å². The average molecular weight is 951 g/mol. The molecule has 0 unspecified atom stereocenters. The first-order valence-corrected chi connectivity index (χ1v) is 28.2. The molecule has 0 N–H and O–H groups in total. The third-order valence-electron chi connectivity index (χ3n) is 14.2. The Bertz CT molecular complexity index is 1550. The van der Waals surface area contributed by atoms with Gasteiger partial charge in [-0.2, -0.15) is 0 Å². The number of allylic oxidation sites excluding steroid dienone is 2. The van der Waals surface area contributed by atoms with E-state index in [4.69, 9.17) is 23.7 Å². The maximum atomic E-state index is 13.6. The van der Waals surface area contributed by atoms with Crippen LogP contribution >= 0.6 is 0 Å². The fraction of sp³-hybridized carbons (Fsp3) is 0.797. The van der Waals surface area contributed by atoms with Crippen LogP contribution in [0.2, 0.25) is 0 Å². The van der Waals surface area contributed by atoms with Crippen LogP contribution in [-0.4, -0.2) is 48.8 Å². The zero-order valence-corrected chi connectivity index (χ0v) is 44.3. The van der Waals surface area contributed by atoms with E-state index in [0.717, 1.165) is 93.9 Å². The lowest BCUT2D eigenvalue weighted by molar-refractivity contribution is -0.168. The second-order valence-electron chi connectivity index (χ2n) is 21.0. The lowest BCUT2D eigenvalue weighted by Crippen LogP contribution is -2.45. The van der Waals surface area contributed by atoms with Gasteiger partial charge in [0, 0.05) is 30.2 Å². The van der Waals surface area contributed by atoms with E-state index in [-0.39, 0.29) is 49.8 Å². The molecule has 0 radical (unpaired) electrons. The van der Waals surface area contributed by atoms with Crippen LogP contribution in [0.15, 0.2) is 23.8 Å². The highest BCUT2D eigenvalue weighted by Crippen LogP contribution is 2.54. The zero-order valence-electron chi connectivity index (χ0n) is 44.3. The molecule has 3 rings (SSSR count). The molecule has 9 nitrogen and oxygen atoms in total. The first kappa shape index (κ1) is 59.0. The molecule has 0 fully saturated rings. The molecule has 1 heterocycles. The Balaban J connectivity index is 1.52. The highest BCUT2D eigenvalue weighted by Gasteiger charge is 2.45. The van der Waals surface area contributed by atoms with Gasteiger partial charge in [-0.1, -0.05) is 199 Å². The van der Waals surface area contributed by atoms with Gasteiger partial charge in [-0.15, -0.1) is 0 Å². The summed E-state index contributed by atoms with van der Waals surface area (Å²) in [5.41, 5.74) is 2.76. The van der Waals surface area contributed by atoms with Crippen LogP contribution in [0.3, 0.4) is 0 Å². The van der Waals surface area contributed by atoms with Gasteiger partial charge in [0.05, 0.1) is 0 Å². The summed E-state index contributed by atoms with van der Waals surface area (Å²) in [4.78, 5) is 52.7.